The topological polar surface area (TPSA) is 100 Å². The number of hydrogen-bond donors (Lipinski definition) is 2. The SMILES string of the molecule is CCOC(=O)c1c(N=N/C(C(=O)Nc2ccccc2)=C(/C)O)sc2c1CCCC2. The minimum absolute atomic E-state index is 0.213. The summed E-state index contributed by atoms with van der Waals surface area (Å²) in [5, 5.41) is 21.2. The number of carbonyl (C=O) groups excluding carboxylic acids is 2. The van der Waals surface area contributed by atoms with Gasteiger partial charge < -0.3 is 15.2 Å². The Morgan fingerprint density at radius 1 is 1.21 bits per heavy atom. The van der Waals surface area contributed by atoms with E-state index in [-0.39, 0.29) is 18.1 Å². The number of thiophene rings is 1. The van der Waals surface area contributed by atoms with E-state index in [2.05, 4.69) is 15.5 Å². The van der Waals surface area contributed by atoms with Gasteiger partial charge in [0.1, 0.15) is 11.3 Å². The van der Waals surface area contributed by atoms with Crippen LogP contribution in [-0.2, 0) is 22.4 Å². The first-order valence-corrected chi connectivity index (χ1v) is 10.3. The van der Waals surface area contributed by atoms with Crippen LogP contribution in [0.3, 0.4) is 0 Å². The molecule has 7 nitrogen and oxygen atoms in total. The quantitative estimate of drug-likeness (QED) is 0.290. The predicted molar refractivity (Wildman–Crippen MR) is 112 cm³/mol. The van der Waals surface area contributed by atoms with E-state index in [1.165, 1.54) is 18.3 Å². The zero-order chi connectivity index (χ0) is 20.8. The summed E-state index contributed by atoms with van der Waals surface area (Å²) in [6, 6.07) is 8.86. The first kappa shape index (κ1) is 20.7. The Morgan fingerprint density at radius 2 is 1.93 bits per heavy atom. The van der Waals surface area contributed by atoms with Crippen molar-refractivity contribution in [1.29, 1.82) is 0 Å². The molecule has 0 spiro atoms. The van der Waals surface area contributed by atoms with Crippen molar-refractivity contribution in [1.82, 2.24) is 0 Å². The molecule has 0 unspecified atom stereocenters. The van der Waals surface area contributed by atoms with Gasteiger partial charge in [0.25, 0.3) is 5.91 Å². The van der Waals surface area contributed by atoms with E-state index in [0.717, 1.165) is 36.1 Å². The van der Waals surface area contributed by atoms with E-state index in [1.807, 2.05) is 6.07 Å². The number of fused-ring (bicyclic) bond motifs is 1. The highest BCUT2D eigenvalue weighted by molar-refractivity contribution is 7.16. The lowest BCUT2D eigenvalue weighted by Crippen LogP contribution is -2.14. The lowest BCUT2D eigenvalue weighted by molar-refractivity contribution is -0.113. The fourth-order valence-corrected chi connectivity index (χ4v) is 4.32. The summed E-state index contributed by atoms with van der Waals surface area (Å²) in [7, 11) is 0. The molecular formula is C21H23N3O4S. The van der Waals surface area contributed by atoms with E-state index in [4.69, 9.17) is 4.74 Å². The molecule has 0 saturated heterocycles. The Hall–Kier alpha value is -3.00. The largest absolute Gasteiger partial charge is 0.510 e. The molecular weight excluding hydrogens is 390 g/mol. The van der Waals surface area contributed by atoms with Crippen molar-refractivity contribution in [3.8, 4) is 0 Å². The maximum Gasteiger partial charge on any atom is 0.341 e. The minimum Gasteiger partial charge on any atom is -0.510 e. The molecule has 1 aliphatic carbocycles. The van der Waals surface area contributed by atoms with Crippen LogP contribution in [0, 0.1) is 0 Å². The van der Waals surface area contributed by atoms with Crippen LogP contribution in [-0.4, -0.2) is 23.6 Å². The van der Waals surface area contributed by atoms with Crippen molar-refractivity contribution in [3.63, 3.8) is 0 Å². The summed E-state index contributed by atoms with van der Waals surface area (Å²) in [5.74, 6) is -1.28. The van der Waals surface area contributed by atoms with Crippen molar-refractivity contribution >= 4 is 33.9 Å². The number of rotatable bonds is 6. The van der Waals surface area contributed by atoms with Crippen LogP contribution < -0.4 is 5.32 Å². The highest BCUT2D eigenvalue weighted by Gasteiger charge is 2.26. The summed E-state index contributed by atoms with van der Waals surface area (Å²) < 4.78 is 5.20. The number of aryl methyl sites for hydroxylation is 1. The van der Waals surface area contributed by atoms with Crippen LogP contribution in [0.5, 0.6) is 0 Å². The van der Waals surface area contributed by atoms with Gasteiger partial charge in [-0.15, -0.1) is 21.6 Å². The molecule has 0 atom stereocenters. The molecule has 0 bridgehead atoms. The number of para-hydroxylation sites is 1. The predicted octanol–water partition coefficient (Wildman–Crippen LogP) is 5.32. The average Bonchev–Trinajstić information content (AvgIpc) is 3.07. The van der Waals surface area contributed by atoms with Gasteiger partial charge in [-0.05, 0) is 57.2 Å². The Labute approximate surface area is 173 Å². The summed E-state index contributed by atoms with van der Waals surface area (Å²) in [6.45, 7) is 3.38. The zero-order valence-electron chi connectivity index (χ0n) is 16.4. The van der Waals surface area contributed by atoms with Gasteiger partial charge in [-0.3, -0.25) is 4.79 Å². The van der Waals surface area contributed by atoms with Crippen molar-refractivity contribution in [3.05, 3.63) is 57.8 Å². The number of nitrogens with one attached hydrogen (secondary N) is 1. The standard InChI is InChI=1S/C21H23N3O4S/c1-3-28-21(27)17-15-11-7-8-12-16(15)29-20(17)24-23-18(13(2)25)19(26)22-14-9-5-4-6-10-14/h4-6,9-10,25H,3,7-8,11-12H2,1-2H3,(H,22,26)/b18-13-,24-23?. The first-order valence-electron chi connectivity index (χ1n) is 9.51. The number of anilines is 1. The van der Waals surface area contributed by atoms with E-state index in [1.54, 1.807) is 31.2 Å². The molecule has 3 rings (SSSR count). The number of nitrogens with zero attached hydrogens (tertiary/aromatic N) is 2. The van der Waals surface area contributed by atoms with Gasteiger partial charge in [0, 0.05) is 10.6 Å². The number of esters is 1. The molecule has 0 saturated carbocycles. The van der Waals surface area contributed by atoms with Gasteiger partial charge in [0.05, 0.1) is 6.61 Å². The molecule has 0 fully saturated rings. The number of aliphatic hydroxyl groups is 1. The fourth-order valence-electron chi connectivity index (χ4n) is 3.12. The number of azo groups is 1. The molecule has 0 radical (unpaired) electrons. The van der Waals surface area contributed by atoms with Crippen LogP contribution in [0.2, 0.25) is 0 Å². The summed E-state index contributed by atoms with van der Waals surface area (Å²) in [5.41, 5.74) is 1.75. The molecule has 8 heteroatoms. The maximum atomic E-state index is 12.5. The zero-order valence-corrected chi connectivity index (χ0v) is 17.2. The second kappa shape index (κ2) is 9.47. The highest BCUT2D eigenvalue weighted by atomic mass is 32.1. The molecule has 1 aliphatic rings. The highest BCUT2D eigenvalue weighted by Crippen LogP contribution is 2.40. The van der Waals surface area contributed by atoms with Crippen LogP contribution >= 0.6 is 11.3 Å². The van der Waals surface area contributed by atoms with Gasteiger partial charge in [0.15, 0.2) is 10.7 Å². The number of amides is 1. The smallest absolute Gasteiger partial charge is 0.341 e. The van der Waals surface area contributed by atoms with Crippen LogP contribution in [0.15, 0.2) is 52.0 Å². The van der Waals surface area contributed by atoms with Crippen molar-refractivity contribution in [2.45, 2.75) is 39.5 Å². The number of aliphatic hydroxyl groups excluding tert-OH is 1. The molecule has 2 aromatic rings. The summed E-state index contributed by atoms with van der Waals surface area (Å²) in [4.78, 5) is 26.1. The number of ether oxygens (including phenoxy) is 1. The van der Waals surface area contributed by atoms with Gasteiger partial charge >= 0.3 is 5.97 Å². The molecule has 1 amide bonds. The summed E-state index contributed by atoms with van der Waals surface area (Å²) in [6.07, 6.45) is 3.75. The lowest BCUT2D eigenvalue weighted by atomic mass is 9.95. The Balaban J connectivity index is 1.90. The van der Waals surface area contributed by atoms with Gasteiger partial charge in [-0.2, -0.15) is 0 Å². The Morgan fingerprint density at radius 3 is 2.62 bits per heavy atom. The normalized spacial score (nSPS) is 14.3. The second-order valence-corrected chi connectivity index (χ2v) is 7.65. The number of allylic oxidation sites excluding steroid dienone is 1. The second-order valence-electron chi connectivity index (χ2n) is 6.57. The minimum atomic E-state index is -0.584. The number of hydrogen-bond acceptors (Lipinski definition) is 7. The van der Waals surface area contributed by atoms with Gasteiger partial charge in [-0.1, -0.05) is 18.2 Å². The maximum absolute atomic E-state index is 12.5. The van der Waals surface area contributed by atoms with Crippen molar-refractivity contribution in [2.24, 2.45) is 10.2 Å². The molecule has 29 heavy (non-hydrogen) atoms. The van der Waals surface area contributed by atoms with Gasteiger partial charge in [0.2, 0.25) is 0 Å². The molecule has 1 aromatic heterocycles. The van der Waals surface area contributed by atoms with Gasteiger partial charge in [-0.25, -0.2) is 4.79 Å². The number of carbonyl (C=O) groups is 2. The molecule has 1 aromatic carbocycles. The lowest BCUT2D eigenvalue weighted by Gasteiger charge is -2.11. The summed E-state index contributed by atoms with van der Waals surface area (Å²) >= 11 is 1.39. The molecule has 1 heterocycles. The third-order valence-corrected chi connectivity index (χ3v) is 5.64. The Kier molecular flexibility index (Phi) is 6.77. The fraction of sp³-hybridized carbons (Fsp3) is 0.333. The average molecular weight is 413 g/mol. The monoisotopic (exact) mass is 413 g/mol. The third-order valence-electron chi connectivity index (χ3n) is 4.46. The van der Waals surface area contributed by atoms with E-state index in [9.17, 15) is 14.7 Å². The molecule has 0 aliphatic heterocycles. The first-order chi connectivity index (χ1) is 14.0. The van der Waals surface area contributed by atoms with Crippen LogP contribution in [0.1, 0.15) is 47.5 Å². The van der Waals surface area contributed by atoms with E-state index < -0.39 is 11.9 Å². The number of benzene rings is 1. The van der Waals surface area contributed by atoms with Crippen molar-refractivity contribution in [2.75, 3.05) is 11.9 Å². The third kappa shape index (κ3) is 4.89. The van der Waals surface area contributed by atoms with Crippen LogP contribution in [0.25, 0.3) is 0 Å². The van der Waals surface area contributed by atoms with Crippen molar-refractivity contribution < 1.29 is 19.4 Å². The van der Waals surface area contributed by atoms with E-state index >= 15 is 0 Å². The Bertz CT molecular complexity index is 960. The molecule has 152 valence electrons. The van der Waals surface area contributed by atoms with Crippen LogP contribution in [0.4, 0.5) is 10.7 Å². The molecule has 2 N–H and O–H groups in total. The van der Waals surface area contributed by atoms with E-state index in [0.29, 0.717) is 16.3 Å².